The van der Waals surface area contributed by atoms with E-state index in [-0.39, 0.29) is 0 Å². The van der Waals surface area contributed by atoms with E-state index in [1.54, 1.807) is 0 Å². The maximum absolute atomic E-state index is 6.08. The van der Waals surface area contributed by atoms with Crippen LogP contribution in [-0.2, 0) is 4.74 Å². The maximum Gasteiger partial charge on any atom is 0.0731 e. The first-order chi connectivity index (χ1) is 9.31. The number of hydrogen-bond donors (Lipinski definition) is 1. The van der Waals surface area contributed by atoms with Gasteiger partial charge in [-0.25, -0.2) is 0 Å². The van der Waals surface area contributed by atoms with Gasteiger partial charge >= 0.3 is 0 Å². The van der Waals surface area contributed by atoms with Crippen molar-refractivity contribution in [1.29, 1.82) is 0 Å². The fourth-order valence-corrected chi connectivity index (χ4v) is 4.08. The predicted octanol–water partition coefficient (Wildman–Crippen LogP) is 2.70. The predicted molar refractivity (Wildman–Crippen MR) is 80.0 cm³/mol. The second-order valence-electron chi connectivity index (χ2n) is 5.42. The van der Waals surface area contributed by atoms with Crippen LogP contribution in [0.15, 0.2) is 28.7 Å². The van der Waals surface area contributed by atoms with E-state index in [0.29, 0.717) is 24.7 Å². The summed E-state index contributed by atoms with van der Waals surface area (Å²) in [7, 11) is 0. The zero-order chi connectivity index (χ0) is 13.2. The summed E-state index contributed by atoms with van der Waals surface area (Å²) in [6, 6.07) is 9.28. The highest BCUT2D eigenvalue weighted by atomic mass is 79.9. The Labute approximate surface area is 123 Å². The summed E-state index contributed by atoms with van der Waals surface area (Å²) in [5.41, 5.74) is 7.39. The highest BCUT2D eigenvalue weighted by molar-refractivity contribution is 9.10. The Balaban J connectivity index is 1.87. The molecule has 1 heterocycles. The monoisotopic (exact) mass is 324 g/mol. The van der Waals surface area contributed by atoms with Gasteiger partial charge in [0, 0.05) is 29.6 Å². The van der Waals surface area contributed by atoms with Crippen molar-refractivity contribution >= 4 is 15.9 Å². The summed E-state index contributed by atoms with van der Waals surface area (Å²) in [6.45, 7) is 2.48. The third kappa shape index (κ3) is 2.59. The first-order valence-corrected chi connectivity index (χ1v) is 7.92. The molecule has 3 nitrogen and oxygen atoms in total. The lowest BCUT2D eigenvalue weighted by Gasteiger charge is -2.42. The molecule has 2 aliphatic rings. The van der Waals surface area contributed by atoms with Crippen LogP contribution in [0.25, 0.3) is 0 Å². The molecule has 2 fully saturated rings. The molecule has 3 atom stereocenters. The molecule has 19 heavy (non-hydrogen) atoms. The van der Waals surface area contributed by atoms with Crippen molar-refractivity contribution in [1.82, 2.24) is 4.90 Å². The summed E-state index contributed by atoms with van der Waals surface area (Å²) in [6.07, 6.45) is 4.14. The van der Waals surface area contributed by atoms with Gasteiger partial charge in [0.15, 0.2) is 0 Å². The number of hydrogen-bond acceptors (Lipinski definition) is 3. The molecule has 0 radical (unpaired) electrons. The minimum Gasteiger partial charge on any atom is -0.375 e. The van der Waals surface area contributed by atoms with Crippen LogP contribution in [-0.4, -0.2) is 36.7 Å². The van der Waals surface area contributed by atoms with Crippen LogP contribution in [0, 0.1) is 0 Å². The molecule has 0 aromatic heterocycles. The fraction of sp³-hybridized carbons (Fsp3) is 0.600. The second-order valence-corrected chi connectivity index (χ2v) is 6.27. The Morgan fingerprint density at radius 3 is 3.00 bits per heavy atom. The first kappa shape index (κ1) is 13.6. The van der Waals surface area contributed by atoms with Crippen LogP contribution in [0.2, 0.25) is 0 Å². The van der Waals surface area contributed by atoms with Crippen LogP contribution in [0.3, 0.4) is 0 Å². The normalized spacial score (nSPS) is 29.2. The lowest BCUT2D eigenvalue weighted by Crippen LogP contribution is -2.51. The van der Waals surface area contributed by atoms with Gasteiger partial charge in [0.1, 0.15) is 0 Å². The van der Waals surface area contributed by atoms with E-state index in [0.717, 1.165) is 17.6 Å². The third-order valence-electron chi connectivity index (χ3n) is 4.41. The molecule has 3 rings (SSSR count). The molecule has 1 aliphatic carbocycles. The van der Waals surface area contributed by atoms with Gasteiger partial charge in [0.05, 0.1) is 12.7 Å². The maximum atomic E-state index is 6.08. The Bertz CT molecular complexity index is 440. The molecule has 0 amide bonds. The second kappa shape index (κ2) is 5.92. The fourth-order valence-electron chi connectivity index (χ4n) is 3.53. The number of fused-ring (bicyclic) bond motifs is 1. The average Bonchev–Trinajstić information content (AvgIpc) is 2.91. The smallest absolute Gasteiger partial charge is 0.0731 e. The van der Waals surface area contributed by atoms with Gasteiger partial charge in [-0.3, -0.25) is 4.90 Å². The van der Waals surface area contributed by atoms with E-state index < -0.39 is 0 Å². The topological polar surface area (TPSA) is 38.5 Å². The largest absolute Gasteiger partial charge is 0.375 e. The molecular formula is C15H21BrN2O. The van der Waals surface area contributed by atoms with Gasteiger partial charge in [0.2, 0.25) is 0 Å². The molecule has 0 bridgehead atoms. The van der Waals surface area contributed by atoms with Crippen LogP contribution in [0.4, 0.5) is 0 Å². The number of rotatable bonds is 3. The first-order valence-electron chi connectivity index (χ1n) is 7.13. The van der Waals surface area contributed by atoms with Crippen molar-refractivity contribution in [3.05, 3.63) is 34.3 Å². The van der Waals surface area contributed by atoms with E-state index in [1.807, 2.05) is 0 Å². The number of ether oxygens (including phenoxy) is 1. The van der Waals surface area contributed by atoms with Crippen LogP contribution in [0.1, 0.15) is 30.9 Å². The van der Waals surface area contributed by atoms with Gasteiger partial charge in [-0.15, -0.1) is 0 Å². The highest BCUT2D eigenvalue weighted by Gasteiger charge is 2.39. The molecule has 1 saturated carbocycles. The van der Waals surface area contributed by atoms with E-state index >= 15 is 0 Å². The minimum absolute atomic E-state index is 0.296. The molecule has 3 unspecified atom stereocenters. The average molecular weight is 325 g/mol. The summed E-state index contributed by atoms with van der Waals surface area (Å²) in [5, 5.41) is 0. The van der Waals surface area contributed by atoms with Crippen molar-refractivity contribution in [3.8, 4) is 0 Å². The molecule has 2 N–H and O–H groups in total. The van der Waals surface area contributed by atoms with Crippen molar-refractivity contribution < 1.29 is 4.74 Å². The molecular weight excluding hydrogens is 304 g/mol. The molecule has 104 valence electrons. The molecule has 1 aromatic rings. The van der Waals surface area contributed by atoms with E-state index in [1.165, 1.54) is 24.8 Å². The zero-order valence-electron chi connectivity index (χ0n) is 11.1. The highest BCUT2D eigenvalue weighted by Crippen LogP contribution is 2.36. The van der Waals surface area contributed by atoms with Crippen LogP contribution < -0.4 is 5.73 Å². The van der Waals surface area contributed by atoms with Crippen molar-refractivity contribution in [3.63, 3.8) is 0 Å². The Hall–Kier alpha value is -0.420. The zero-order valence-corrected chi connectivity index (χ0v) is 12.7. The lowest BCUT2D eigenvalue weighted by molar-refractivity contribution is -0.0712. The third-order valence-corrected chi connectivity index (χ3v) is 5.14. The summed E-state index contributed by atoms with van der Waals surface area (Å²) >= 11 is 3.66. The lowest BCUT2D eigenvalue weighted by atomic mass is 10.0. The van der Waals surface area contributed by atoms with E-state index in [2.05, 4.69) is 45.1 Å². The van der Waals surface area contributed by atoms with E-state index in [4.69, 9.17) is 10.5 Å². The van der Waals surface area contributed by atoms with Gasteiger partial charge in [-0.05, 0) is 30.9 Å². The molecule has 1 saturated heterocycles. The number of morpholine rings is 1. The van der Waals surface area contributed by atoms with Crippen molar-refractivity contribution in [2.75, 3.05) is 19.7 Å². The van der Waals surface area contributed by atoms with Crippen LogP contribution >= 0.6 is 15.9 Å². The Kier molecular flexibility index (Phi) is 4.22. The van der Waals surface area contributed by atoms with Crippen LogP contribution in [0.5, 0.6) is 0 Å². The number of halogens is 1. The van der Waals surface area contributed by atoms with Gasteiger partial charge in [-0.1, -0.05) is 34.1 Å². The minimum atomic E-state index is 0.296. The van der Waals surface area contributed by atoms with Gasteiger partial charge in [0.25, 0.3) is 0 Å². The van der Waals surface area contributed by atoms with E-state index in [9.17, 15) is 0 Å². The van der Waals surface area contributed by atoms with Gasteiger partial charge in [-0.2, -0.15) is 0 Å². The molecule has 4 heteroatoms. The molecule has 1 aliphatic heterocycles. The summed E-state index contributed by atoms with van der Waals surface area (Å²) in [5.74, 6) is 0. The number of nitrogens with two attached hydrogens (primary N) is 1. The SMILES string of the molecule is NCC(c1ccccc1Br)N1CCOC2CCCC21. The molecule has 0 spiro atoms. The Morgan fingerprint density at radius 2 is 2.21 bits per heavy atom. The number of benzene rings is 1. The Morgan fingerprint density at radius 1 is 1.37 bits per heavy atom. The number of nitrogens with zero attached hydrogens (tertiary/aromatic N) is 1. The summed E-state index contributed by atoms with van der Waals surface area (Å²) < 4.78 is 7.06. The molecule has 1 aromatic carbocycles. The quantitative estimate of drug-likeness (QED) is 0.929. The standard InChI is InChI=1S/C15H21BrN2O/c16-12-5-2-1-4-11(12)14(10-17)18-8-9-19-15-7-3-6-13(15)18/h1-2,4-5,13-15H,3,6-10,17H2. The van der Waals surface area contributed by atoms with Crippen molar-refractivity contribution in [2.45, 2.75) is 37.5 Å². The van der Waals surface area contributed by atoms with Crippen molar-refractivity contribution in [2.24, 2.45) is 5.73 Å². The van der Waals surface area contributed by atoms with Gasteiger partial charge < -0.3 is 10.5 Å². The summed E-state index contributed by atoms with van der Waals surface area (Å²) in [4.78, 5) is 2.57.